The molecule has 1 aliphatic rings. The van der Waals surface area contributed by atoms with E-state index in [1.165, 1.54) is 12.0 Å². The molecule has 0 saturated carbocycles. The van der Waals surface area contributed by atoms with E-state index in [1.54, 1.807) is 41.8 Å². The predicted molar refractivity (Wildman–Crippen MR) is 141 cm³/mol. The van der Waals surface area contributed by atoms with E-state index in [9.17, 15) is 19.8 Å². The molecule has 9 heteroatoms. The van der Waals surface area contributed by atoms with Crippen LogP contribution >= 0.6 is 15.9 Å². The van der Waals surface area contributed by atoms with E-state index in [0.717, 1.165) is 5.56 Å². The molecule has 0 bridgehead atoms. The Morgan fingerprint density at radius 1 is 1.11 bits per heavy atom. The number of amides is 1. The van der Waals surface area contributed by atoms with Gasteiger partial charge in [-0.2, -0.15) is 0 Å². The average Bonchev–Trinajstić information content (AvgIpc) is 3.37. The Bertz CT molecular complexity index is 1560. The van der Waals surface area contributed by atoms with Gasteiger partial charge in [0.15, 0.2) is 17.3 Å². The van der Waals surface area contributed by atoms with Gasteiger partial charge in [0.2, 0.25) is 0 Å². The van der Waals surface area contributed by atoms with E-state index in [1.807, 2.05) is 36.4 Å². The van der Waals surface area contributed by atoms with Gasteiger partial charge in [0.1, 0.15) is 11.3 Å². The van der Waals surface area contributed by atoms with Crippen molar-refractivity contribution in [3.8, 4) is 11.5 Å². The maximum absolute atomic E-state index is 13.5. The quantitative estimate of drug-likeness (QED) is 0.199. The number of phenolic OH excluding ortho intramolecular Hbond substituents is 1. The summed E-state index contributed by atoms with van der Waals surface area (Å²) in [5.74, 6) is -1.75. The third-order valence-electron chi connectivity index (χ3n) is 6.54. The number of aliphatic hydroxyl groups is 1. The first-order chi connectivity index (χ1) is 17.8. The van der Waals surface area contributed by atoms with E-state index in [0.29, 0.717) is 33.5 Å². The number of imidazole rings is 1. The fraction of sp³-hybridized carbons (Fsp3) is 0.179. The number of hydrogen-bond donors (Lipinski definition) is 2. The van der Waals surface area contributed by atoms with Crippen LogP contribution in [-0.2, 0) is 16.0 Å². The fourth-order valence-corrected chi connectivity index (χ4v) is 5.24. The summed E-state index contributed by atoms with van der Waals surface area (Å²) in [6.07, 6.45) is 2.25. The monoisotopic (exact) mass is 561 g/mol. The van der Waals surface area contributed by atoms with E-state index < -0.39 is 17.7 Å². The van der Waals surface area contributed by atoms with Crippen LogP contribution in [0.1, 0.15) is 28.6 Å². The Labute approximate surface area is 221 Å². The van der Waals surface area contributed by atoms with Crippen LogP contribution in [0.5, 0.6) is 11.5 Å². The molecule has 2 aromatic carbocycles. The van der Waals surface area contributed by atoms with Gasteiger partial charge in [-0.05, 0) is 64.7 Å². The zero-order valence-corrected chi connectivity index (χ0v) is 21.8. The number of fused-ring (bicyclic) bond motifs is 1. The van der Waals surface area contributed by atoms with Crippen LogP contribution in [0.3, 0.4) is 0 Å². The van der Waals surface area contributed by atoms with Crippen LogP contribution in [0, 0.1) is 6.92 Å². The number of aromatic hydroxyl groups is 1. The number of ketones is 1. The normalized spacial score (nSPS) is 17.1. The van der Waals surface area contributed by atoms with Crippen molar-refractivity contribution in [1.29, 1.82) is 0 Å². The molecule has 0 radical (unpaired) electrons. The maximum Gasteiger partial charge on any atom is 0.295 e. The van der Waals surface area contributed by atoms with Crippen molar-refractivity contribution in [2.24, 2.45) is 0 Å². The van der Waals surface area contributed by atoms with Gasteiger partial charge in [-0.3, -0.25) is 14.0 Å². The number of carbonyl (C=O) groups is 2. The van der Waals surface area contributed by atoms with Crippen LogP contribution < -0.4 is 4.74 Å². The lowest BCUT2D eigenvalue weighted by Crippen LogP contribution is -2.31. The SMILES string of the molecule is COc1cc(C2/C(=C(\O)c3c(C)nc4ccccn34)C(=O)C(=O)N2CCc2ccccc2)cc(Br)c1O. The number of rotatable bonds is 6. The lowest BCUT2D eigenvalue weighted by Gasteiger charge is -2.26. The number of ether oxygens (including phenoxy) is 1. The molecule has 1 atom stereocenters. The summed E-state index contributed by atoms with van der Waals surface area (Å²) in [7, 11) is 1.42. The minimum atomic E-state index is -0.914. The standard InChI is InChI=1S/C28H24BrN3O5/c1-16-23(31-12-7-6-10-21(31)30-16)26(34)22-24(18-14-19(29)25(33)20(15-18)37-2)32(28(36)27(22)35)13-11-17-8-4-3-5-9-17/h3-10,12,14-15,24,33-34H,11,13H2,1-2H3/b26-22+. The molecular formula is C28H24BrN3O5. The van der Waals surface area contributed by atoms with Crippen LogP contribution in [0.4, 0.5) is 0 Å². The Balaban J connectivity index is 1.70. The molecule has 37 heavy (non-hydrogen) atoms. The molecule has 2 aromatic heterocycles. The van der Waals surface area contributed by atoms with Gasteiger partial charge in [-0.1, -0.05) is 36.4 Å². The summed E-state index contributed by atoms with van der Waals surface area (Å²) in [6, 6.07) is 17.3. The average molecular weight is 562 g/mol. The first-order valence-corrected chi connectivity index (χ1v) is 12.4. The molecule has 0 spiro atoms. The smallest absolute Gasteiger partial charge is 0.295 e. The largest absolute Gasteiger partial charge is 0.505 e. The number of aliphatic hydroxyl groups excluding tert-OH is 1. The van der Waals surface area contributed by atoms with Crippen LogP contribution in [0.15, 0.2) is 76.9 Å². The van der Waals surface area contributed by atoms with Gasteiger partial charge in [0.25, 0.3) is 11.7 Å². The molecule has 188 valence electrons. The summed E-state index contributed by atoms with van der Waals surface area (Å²) >= 11 is 3.34. The van der Waals surface area contributed by atoms with E-state index >= 15 is 0 Å². The highest BCUT2D eigenvalue weighted by Crippen LogP contribution is 2.44. The van der Waals surface area contributed by atoms with Gasteiger partial charge in [-0.15, -0.1) is 0 Å². The van der Waals surface area contributed by atoms with Crippen LogP contribution in [0.2, 0.25) is 0 Å². The van der Waals surface area contributed by atoms with E-state index in [-0.39, 0.29) is 29.4 Å². The summed E-state index contributed by atoms with van der Waals surface area (Å²) in [5.41, 5.74) is 2.91. The summed E-state index contributed by atoms with van der Waals surface area (Å²) in [4.78, 5) is 32.8. The molecule has 1 saturated heterocycles. The number of halogens is 1. The topological polar surface area (TPSA) is 104 Å². The van der Waals surface area contributed by atoms with Crippen LogP contribution in [-0.4, -0.2) is 49.8 Å². The second-order valence-corrected chi connectivity index (χ2v) is 9.61. The molecule has 0 aliphatic carbocycles. The van der Waals surface area contributed by atoms with Gasteiger partial charge < -0.3 is 19.8 Å². The van der Waals surface area contributed by atoms with Crippen molar-refractivity contribution in [3.63, 3.8) is 0 Å². The molecule has 4 aromatic rings. The van der Waals surface area contributed by atoms with Crippen LogP contribution in [0.25, 0.3) is 11.4 Å². The molecule has 1 amide bonds. The number of pyridine rings is 1. The lowest BCUT2D eigenvalue weighted by atomic mass is 9.95. The Kier molecular flexibility index (Phi) is 6.47. The first kappa shape index (κ1) is 24.6. The van der Waals surface area contributed by atoms with Crippen molar-refractivity contribution in [2.75, 3.05) is 13.7 Å². The fourth-order valence-electron chi connectivity index (χ4n) is 4.79. The molecular weight excluding hydrogens is 538 g/mol. The van der Waals surface area contributed by atoms with E-state index in [4.69, 9.17) is 4.74 Å². The third kappa shape index (κ3) is 4.25. The van der Waals surface area contributed by atoms with Crippen molar-refractivity contribution in [2.45, 2.75) is 19.4 Å². The maximum atomic E-state index is 13.5. The second kappa shape index (κ2) is 9.74. The number of phenols is 1. The number of likely N-dealkylation sites (tertiary alicyclic amines) is 1. The molecule has 5 rings (SSSR count). The van der Waals surface area contributed by atoms with Gasteiger partial charge in [0.05, 0.1) is 28.9 Å². The molecule has 3 heterocycles. The minimum absolute atomic E-state index is 0.0496. The predicted octanol–water partition coefficient (Wildman–Crippen LogP) is 4.78. The van der Waals surface area contributed by atoms with Gasteiger partial charge in [0, 0.05) is 12.7 Å². The second-order valence-electron chi connectivity index (χ2n) is 8.76. The molecule has 1 fully saturated rings. The van der Waals surface area contributed by atoms with Crippen molar-refractivity contribution in [3.05, 3.63) is 99.4 Å². The van der Waals surface area contributed by atoms with E-state index in [2.05, 4.69) is 20.9 Å². The molecule has 2 N–H and O–H groups in total. The number of nitrogens with zero attached hydrogens (tertiary/aromatic N) is 3. The van der Waals surface area contributed by atoms with Crippen molar-refractivity contribution in [1.82, 2.24) is 14.3 Å². The number of carbonyl (C=O) groups excluding carboxylic acids is 2. The highest BCUT2D eigenvalue weighted by molar-refractivity contribution is 9.10. The Morgan fingerprint density at radius 3 is 2.57 bits per heavy atom. The number of benzene rings is 2. The number of Topliss-reactive ketones (excluding diaryl/α,β-unsaturated/α-hetero) is 1. The highest BCUT2D eigenvalue weighted by Gasteiger charge is 2.46. The van der Waals surface area contributed by atoms with Crippen molar-refractivity contribution >= 4 is 39.0 Å². The van der Waals surface area contributed by atoms with Gasteiger partial charge >= 0.3 is 0 Å². The van der Waals surface area contributed by atoms with Gasteiger partial charge in [-0.25, -0.2) is 4.98 Å². The number of methoxy groups -OCH3 is 1. The summed E-state index contributed by atoms with van der Waals surface area (Å²) in [6.45, 7) is 1.98. The number of aromatic nitrogens is 2. The lowest BCUT2D eigenvalue weighted by molar-refractivity contribution is -0.139. The summed E-state index contributed by atoms with van der Waals surface area (Å²) in [5, 5.41) is 22.0. The number of hydrogen-bond acceptors (Lipinski definition) is 6. The molecule has 1 unspecified atom stereocenters. The van der Waals surface area contributed by atoms with Crippen molar-refractivity contribution < 1.29 is 24.5 Å². The third-order valence-corrected chi connectivity index (χ3v) is 7.14. The number of aryl methyl sites for hydroxylation is 1. The Morgan fingerprint density at radius 2 is 1.84 bits per heavy atom. The minimum Gasteiger partial charge on any atom is -0.505 e. The molecule has 1 aliphatic heterocycles. The zero-order valence-electron chi connectivity index (χ0n) is 20.2. The Hall–Kier alpha value is -4.11. The highest BCUT2D eigenvalue weighted by atomic mass is 79.9. The summed E-state index contributed by atoms with van der Waals surface area (Å²) < 4.78 is 7.35. The first-order valence-electron chi connectivity index (χ1n) is 11.6. The molecule has 8 nitrogen and oxygen atoms in total. The zero-order chi connectivity index (χ0) is 26.3.